The zero-order valence-electron chi connectivity index (χ0n) is 14.1. The van der Waals surface area contributed by atoms with E-state index < -0.39 is 0 Å². The predicted molar refractivity (Wildman–Crippen MR) is 103 cm³/mol. The van der Waals surface area contributed by atoms with Gasteiger partial charge in [-0.3, -0.25) is 0 Å². The zero-order chi connectivity index (χ0) is 17.2. The lowest BCUT2D eigenvalue weighted by atomic mass is 10.0. The molecule has 0 amide bonds. The van der Waals surface area contributed by atoms with Gasteiger partial charge in [-0.1, -0.05) is 56.3 Å². The van der Waals surface area contributed by atoms with E-state index in [1.807, 2.05) is 30.3 Å². The molecule has 2 aromatic carbocycles. The number of fused-ring (bicyclic) bond motifs is 1. The molecule has 2 aromatic heterocycles. The van der Waals surface area contributed by atoms with Crippen LogP contribution in [0.4, 0.5) is 0 Å². The van der Waals surface area contributed by atoms with Crippen molar-refractivity contribution in [3.8, 4) is 22.1 Å². The maximum absolute atomic E-state index is 6.03. The van der Waals surface area contributed by atoms with Crippen molar-refractivity contribution in [1.29, 1.82) is 0 Å². The first-order valence-electron chi connectivity index (χ1n) is 8.28. The Labute approximate surface area is 151 Å². The highest BCUT2D eigenvalue weighted by Crippen LogP contribution is 2.37. The van der Waals surface area contributed by atoms with Crippen LogP contribution >= 0.6 is 11.3 Å². The van der Waals surface area contributed by atoms with Crippen molar-refractivity contribution in [2.45, 2.75) is 19.8 Å². The van der Waals surface area contributed by atoms with Crippen molar-refractivity contribution in [3.63, 3.8) is 0 Å². The first kappa shape index (κ1) is 15.8. The van der Waals surface area contributed by atoms with Crippen LogP contribution in [-0.2, 0) is 0 Å². The second kappa shape index (κ2) is 6.65. The summed E-state index contributed by atoms with van der Waals surface area (Å²) < 4.78 is 6.03. The first-order valence-corrected chi connectivity index (χ1v) is 9.10. The van der Waals surface area contributed by atoms with E-state index in [9.17, 15) is 0 Å². The summed E-state index contributed by atoms with van der Waals surface area (Å²) in [6.45, 7) is 4.36. The van der Waals surface area contributed by atoms with Gasteiger partial charge >= 0.3 is 0 Å². The van der Waals surface area contributed by atoms with Gasteiger partial charge in [0, 0.05) is 4.88 Å². The van der Waals surface area contributed by atoms with Gasteiger partial charge < -0.3 is 4.74 Å². The van der Waals surface area contributed by atoms with Crippen LogP contribution in [-0.4, -0.2) is 9.97 Å². The third kappa shape index (κ3) is 3.26. The van der Waals surface area contributed by atoms with E-state index in [1.165, 1.54) is 11.1 Å². The average Bonchev–Trinajstić information content (AvgIpc) is 3.08. The zero-order valence-corrected chi connectivity index (χ0v) is 15.0. The number of hydrogen-bond donors (Lipinski definition) is 0. The molecule has 4 rings (SSSR count). The summed E-state index contributed by atoms with van der Waals surface area (Å²) in [5, 5.41) is 0.944. The second-order valence-corrected chi connectivity index (χ2v) is 7.23. The molecule has 0 spiro atoms. The quantitative estimate of drug-likeness (QED) is 0.436. The van der Waals surface area contributed by atoms with Gasteiger partial charge in [0.25, 0.3) is 0 Å². The topological polar surface area (TPSA) is 35.0 Å². The molecule has 0 radical (unpaired) electrons. The molecule has 4 aromatic rings. The number of thiophene rings is 1. The van der Waals surface area contributed by atoms with E-state index in [1.54, 1.807) is 17.7 Å². The molecule has 0 aliphatic heterocycles. The van der Waals surface area contributed by atoms with E-state index in [-0.39, 0.29) is 0 Å². The number of ether oxygens (including phenoxy) is 1. The van der Waals surface area contributed by atoms with Crippen LogP contribution in [0.5, 0.6) is 11.6 Å². The number of hydrogen-bond acceptors (Lipinski definition) is 4. The second-order valence-electron chi connectivity index (χ2n) is 6.20. The fraction of sp³-hybridized carbons (Fsp3) is 0.143. The monoisotopic (exact) mass is 346 g/mol. The summed E-state index contributed by atoms with van der Waals surface area (Å²) in [6.07, 6.45) is 1.56. The largest absolute Gasteiger partial charge is 0.438 e. The maximum atomic E-state index is 6.03. The maximum Gasteiger partial charge on any atom is 0.231 e. The summed E-state index contributed by atoms with van der Waals surface area (Å²) in [6, 6.07) is 20.6. The van der Waals surface area contributed by atoms with Gasteiger partial charge in [0.1, 0.15) is 16.9 Å². The van der Waals surface area contributed by atoms with Crippen molar-refractivity contribution in [1.82, 2.24) is 9.97 Å². The lowest BCUT2D eigenvalue weighted by Gasteiger charge is -2.08. The third-order valence-corrected chi connectivity index (χ3v) is 5.20. The van der Waals surface area contributed by atoms with Crippen LogP contribution in [0, 0.1) is 0 Å². The fourth-order valence-electron chi connectivity index (χ4n) is 2.69. The van der Waals surface area contributed by atoms with Gasteiger partial charge in [-0.2, -0.15) is 0 Å². The van der Waals surface area contributed by atoms with Crippen LogP contribution in [0.25, 0.3) is 20.7 Å². The van der Waals surface area contributed by atoms with Crippen LogP contribution in [0.2, 0.25) is 0 Å². The molecular formula is C21H18N2OS. The highest BCUT2D eigenvalue weighted by Gasteiger charge is 2.12. The molecule has 124 valence electrons. The Balaban J connectivity index is 1.69. The summed E-state index contributed by atoms with van der Waals surface area (Å²) in [4.78, 5) is 10.8. The van der Waals surface area contributed by atoms with Crippen molar-refractivity contribution >= 4 is 21.6 Å². The normalized spacial score (nSPS) is 11.2. The molecule has 0 aliphatic carbocycles. The average molecular weight is 346 g/mol. The lowest BCUT2D eigenvalue weighted by Crippen LogP contribution is -1.91. The molecule has 4 heteroatoms. The first-order chi connectivity index (χ1) is 12.2. The van der Waals surface area contributed by atoms with E-state index in [4.69, 9.17) is 4.74 Å². The van der Waals surface area contributed by atoms with Gasteiger partial charge in [0.2, 0.25) is 5.88 Å². The summed E-state index contributed by atoms with van der Waals surface area (Å²) in [5.74, 6) is 1.89. The molecular weight excluding hydrogens is 328 g/mol. The van der Waals surface area contributed by atoms with Crippen molar-refractivity contribution in [2.24, 2.45) is 0 Å². The molecule has 3 nitrogen and oxygen atoms in total. The van der Waals surface area contributed by atoms with E-state index >= 15 is 0 Å². The standard InChI is InChI=1S/C21H18N2OS/c1-14(2)15-8-10-17(11-9-15)24-20-18-12-19(16-6-4-3-5-7-16)25-21(18)23-13-22-20/h3-14H,1-2H3. The Hall–Kier alpha value is -2.72. The lowest BCUT2D eigenvalue weighted by molar-refractivity contribution is 0.468. The summed E-state index contributed by atoms with van der Waals surface area (Å²) in [7, 11) is 0. The molecule has 2 heterocycles. The number of nitrogens with zero attached hydrogens (tertiary/aromatic N) is 2. The molecule has 0 unspecified atom stereocenters. The van der Waals surface area contributed by atoms with Crippen molar-refractivity contribution < 1.29 is 4.74 Å². The fourth-order valence-corrected chi connectivity index (χ4v) is 3.69. The molecule has 25 heavy (non-hydrogen) atoms. The van der Waals surface area contributed by atoms with Crippen LogP contribution in [0.3, 0.4) is 0 Å². The van der Waals surface area contributed by atoms with Gasteiger partial charge in [-0.05, 0) is 35.2 Å². The van der Waals surface area contributed by atoms with Crippen LogP contribution in [0.1, 0.15) is 25.3 Å². The van der Waals surface area contributed by atoms with E-state index in [0.29, 0.717) is 11.8 Å². The Kier molecular flexibility index (Phi) is 4.20. The third-order valence-electron chi connectivity index (χ3n) is 4.11. The SMILES string of the molecule is CC(C)c1ccc(Oc2ncnc3sc(-c4ccccc4)cc23)cc1. The summed E-state index contributed by atoms with van der Waals surface area (Å²) >= 11 is 1.65. The minimum Gasteiger partial charge on any atom is -0.438 e. The molecule has 0 atom stereocenters. The van der Waals surface area contributed by atoms with Crippen molar-refractivity contribution in [3.05, 3.63) is 72.6 Å². The Morgan fingerprint density at radius 1 is 0.920 bits per heavy atom. The Morgan fingerprint density at radius 3 is 2.40 bits per heavy atom. The van der Waals surface area contributed by atoms with E-state index in [0.717, 1.165) is 20.8 Å². The van der Waals surface area contributed by atoms with E-state index in [2.05, 4.69) is 54.1 Å². The summed E-state index contributed by atoms with van der Waals surface area (Å²) in [5.41, 5.74) is 2.47. The number of rotatable bonds is 4. The molecule has 0 saturated heterocycles. The van der Waals surface area contributed by atoms with Gasteiger partial charge in [-0.25, -0.2) is 9.97 Å². The van der Waals surface area contributed by atoms with Gasteiger partial charge in [-0.15, -0.1) is 11.3 Å². The smallest absolute Gasteiger partial charge is 0.231 e. The molecule has 0 aliphatic rings. The molecule has 0 fully saturated rings. The minimum atomic E-state index is 0.505. The minimum absolute atomic E-state index is 0.505. The van der Waals surface area contributed by atoms with Crippen molar-refractivity contribution in [2.75, 3.05) is 0 Å². The highest BCUT2D eigenvalue weighted by molar-refractivity contribution is 7.21. The highest BCUT2D eigenvalue weighted by atomic mass is 32.1. The Morgan fingerprint density at radius 2 is 1.68 bits per heavy atom. The van der Waals surface area contributed by atoms with Gasteiger partial charge in [0.15, 0.2) is 0 Å². The Bertz CT molecular complexity index is 992. The van der Waals surface area contributed by atoms with Gasteiger partial charge in [0.05, 0.1) is 5.39 Å². The molecule has 0 saturated carbocycles. The molecule has 0 N–H and O–H groups in total. The van der Waals surface area contributed by atoms with Crippen LogP contribution < -0.4 is 4.74 Å². The number of aromatic nitrogens is 2. The molecule has 0 bridgehead atoms. The number of benzene rings is 2. The predicted octanol–water partition coefficient (Wildman–Crippen LogP) is 6.27. The van der Waals surface area contributed by atoms with Crippen LogP contribution in [0.15, 0.2) is 67.0 Å².